The fraction of sp³-hybridized carbons (Fsp3) is 0.250. The third kappa shape index (κ3) is 2.83. The van der Waals surface area contributed by atoms with E-state index in [1.165, 1.54) is 10.4 Å². The molecule has 0 aliphatic heterocycles. The summed E-state index contributed by atoms with van der Waals surface area (Å²) in [6, 6.07) is 8.16. The number of nitrogens with zero attached hydrogens (tertiary/aromatic N) is 1. The van der Waals surface area contributed by atoms with Gasteiger partial charge < -0.3 is 4.74 Å². The molecule has 2 nitrogen and oxygen atoms in total. The van der Waals surface area contributed by atoms with E-state index in [1.807, 2.05) is 23.8 Å². The van der Waals surface area contributed by atoms with Crippen molar-refractivity contribution in [3.05, 3.63) is 46.4 Å². The van der Waals surface area contributed by atoms with E-state index in [2.05, 4.69) is 33.0 Å². The van der Waals surface area contributed by atoms with E-state index in [1.54, 1.807) is 18.4 Å². The first-order valence-electron chi connectivity index (χ1n) is 4.95. The molecule has 1 atom stereocenters. The molecule has 0 saturated heterocycles. The lowest BCUT2D eigenvalue weighted by atomic mass is 10.1. The van der Waals surface area contributed by atoms with Gasteiger partial charge in [-0.3, -0.25) is 4.98 Å². The minimum Gasteiger partial charge on any atom is -0.497 e. The Balaban J connectivity index is 2.03. The molecule has 0 N–H and O–H groups in total. The highest BCUT2D eigenvalue weighted by Crippen LogP contribution is 2.29. The first-order chi connectivity index (χ1) is 7.79. The van der Waals surface area contributed by atoms with E-state index < -0.39 is 0 Å². The fourth-order valence-corrected chi connectivity index (χ4v) is 2.86. The van der Waals surface area contributed by atoms with Crippen molar-refractivity contribution < 1.29 is 4.74 Å². The summed E-state index contributed by atoms with van der Waals surface area (Å²) in [4.78, 5) is 5.68. The van der Waals surface area contributed by atoms with Gasteiger partial charge in [0.05, 0.1) is 17.4 Å². The van der Waals surface area contributed by atoms with E-state index in [9.17, 15) is 0 Å². The van der Waals surface area contributed by atoms with Crippen LogP contribution in [0, 0.1) is 0 Å². The zero-order valence-electron chi connectivity index (χ0n) is 8.89. The van der Waals surface area contributed by atoms with Crippen LogP contribution in [0.1, 0.15) is 15.3 Å². The maximum Gasteiger partial charge on any atom is 0.118 e. The molecule has 84 valence electrons. The SMILES string of the molecule is COc1ccc(CC(Br)c2cncs2)cc1. The Morgan fingerprint density at radius 3 is 2.69 bits per heavy atom. The van der Waals surface area contributed by atoms with Gasteiger partial charge >= 0.3 is 0 Å². The lowest BCUT2D eigenvalue weighted by Crippen LogP contribution is -1.93. The fourth-order valence-electron chi connectivity index (χ4n) is 1.45. The highest BCUT2D eigenvalue weighted by atomic mass is 79.9. The number of halogens is 1. The van der Waals surface area contributed by atoms with Crippen LogP contribution in [0.25, 0.3) is 0 Å². The third-order valence-corrected chi connectivity index (χ3v) is 4.34. The second-order valence-corrected chi connectivity index (χ2v) is 5.45. The summed E-state index contributed by atoms with van der Waals surface area (Å²) < 4.78 is 5.13. The van der Waals surface area contributed by atoms with Crippen molar-refractivity contribution in [2.75, 3.05) is 7.11 Å². The van der Waals surface area contributed by atoms with Crippen LogP contribution in [-0.2, 0) is 6.42 Å². The van der Waals surface area contributed by atoms with Crippen molar-refractivity contribution in [1.29, 1.82) is 0 Å². The molecule has 0 saturated carbocycles. The average molecular weight is 298 g/mol. The molecule has 1 aromatic heterocycles. The molecule has 1 heterocycles. The van der Waals surface area contributed by atoms with Crippen molar-refractivity contribution in [2.24, 2.45) is 0 Å². The zero-order valence-corrected chi connectivity index (χ0v) is 11.3. The van der Waals surface area contributed by atoms with Crippen molar-refractivity contribution in [2.45, 2.75) is 11.2 Å². The molecule has 16 heavy (non-hydrogen) atoms. The number of alkyl halides is 1. The summed E-state index contributed by atoms with van der Waals surface area (Å²) >= 11 is 5.35. The molecule has 0 amide bonds. The van der Waals surface area contributed by atoms with Crippen LogP contribution in [0.4, 0.5) is 0 Å². The Labute approximate surface area is 107 Å². The quantitative estimate of drug-likeness (QED) is 0.800. The van der Waals surface area contributed by atoms with E-state index >= 15 is 0 Å². The summed E-state index contributed by atoms with van der Waals surface area (Å²) in [6.07, 6.45) is 2.87. The van der Waals surface area contributed by atoms with E-state index in [-0.39, 0.29) is 0 Å². The monoisotopic (exact) mass is 297 g/mol. The molecule has 0 aliphatic rings. The molecule has 4 heteroatoms. The predicted molar refractivity (Wildman–Crippen MR) is 70.5 cm³/mol. The van der Waals surface area contributed by atoms with Gasteiger partial charge in [0.15, 0.2) is 0 Å². The number of hydrogen-bond acceptors (Lipinski definition) is 3. The lowest BCUT2D eigenvalue weighted by molar-refractivity contribution is 0.414. The van der Waals surface area contributed by atoms with Gasteiger partial charge in [-0.2, -0.15) is 0 Å². The summed E-state index contributed by atoms with van der Waals surface area (Å²) in [5.41, 5.74) is 3.15. The van der Waals surface area contributed by atoms with Crippen LogP contribution in [0.15, 0.2) is 36.0 Å². The molecule has 2 rings (SSSR count). The van der Waals surface area contributed by atoms with Crippen molar-refractivity contribution in [1.82, 2.24) is 4.98 Å². The van der Waals surface area contributed by atoms with Gasteiger partial charge in [0.1, 0.15) is 5.75 Å². The summed E-state index contributed by atoms with van der Waals surface area (Å²) in [7, 11) is 1.68. The molecule has 0 radical (unpaired) electrons. The normalized spacial score (nSPS) is 12.4. The van der Waals surface area contributed by atoms with Crippen molar-refractivity contribution >= 4 is 27.3 Å². The van der Waals surface area contributed by atoms with Crippen molar-refractivity contribution in [3.8, 4) is 5.75 Å². The van der Waals surface area contributed by atoms with Crippen LogP contribution in [0.3, 0.4) is 0 Å². The number of benzene rings is 1. The standard InChI is InChI=1S/C12H12BrNOS/c1-15-10-4-2-9(3-5-10)6-11(13)12-7-14-8-16-12/h2-5,7-8,11H,6H2,1H3. The van der Waals surface area contributed by atoms with Gasteiger partial charge in [-0.15, -0.1) is 11.3 Å². The molecule has 0 bridgehead atoms. The van der Waals surface area contributed by atoms with Gasteiger partial charge in [0, 0.05) is 11.1 Å². The van der Waals surface area contributed by atoms with Crippen LogP contribution in [0.5, 0.6) is 5.75 Å². The molecule has 0 spiro atoms. The molecular weight excluding hydrogens is 286 g/mol. The van der Waals surface area contributed by atoms with Crippen molar-refractivity contribution in [3.63, 3.8) is 0 Å². The summed E-state index contributed by atoms with van der Waals surface area (Å²) in [6.45, 7) is 0. The highest BCUT2D eigenvalue weighted by Gasteiger charge is 2.09. The first kappa shape index (κ1) is 11.6. The number of aromatic nitrogens is 1. The second-order valence-electron chi connectivity index (χ2n) is 3.42. The Morgan fingerprint density at radius 1 is 1.38 bits per heavy atom. The van der Waals surface area contributed by atoms with Gasteiger partial charge in [0.2, 0.25) is 0 Å². The third-order valence-electron chi connectivity index (χ3n) is 2.33. The number of thiazole rings is 1. The summed E-state index contributed by atoms with van der Waals surface area (Å²) in [5.74, 6) is 0.896. The van der Waals surface area contributed by atoms with Gasteiger partial charge in [0.25, 0.3) is 0 Å². The van der Waals surface area contributed by atoms with Crippen LogP contribution >= 0.6 is 27.3 Å². The minimum absolute atomic E-state index is 0.341. The number of hydrogen-bond donors (Lipinski definition) is 0. The van der Waals surface area contributed by atoms with E-state index in [0.717, 1.165) is 12.2 Å². The zero-order chi connectivity index (χ0) is 11.4. The first-order valence-corrected chi connectivity index (χ1v) is 6.74. The summed E-state index contributed by atoms with van der Waals surface area (Å²) in [5, 5.41) is 0. The van der Waals surface area contributed by atoms with Gasteiger partial charge in [-0.05, 0) is 24.1 Å². The molecule has 1 unspecified atom stereocenters. The topological polar surface area (TPSA) is 22.1 Å². The Kier molecular flexibility index (Phi) is 3.96. The van der Waals surface area contributed by atoms with Gasteiger partial charge in [-0.25, -0.2) is 0 Å². The van der Waals surface area contributed by atoms with E-state index in [4.69, 9.17) is 4.74 Å². The average Bonchev–Trinajstić information content (AvgIpc) is 2.83. The maximum absolute atomic E-state index is 5.13. The predicted octanol–water partition coefficient (Wildman–Crippen LogP) is 3.83. The Bertz CT molecular complexity index is 427. The Hall–Kier alpha value is -0.870. The second kappa shape index (κ2) is 5.46. The number of rotatable bonds is 4. The largest absolute Gasteiger partial charge is 0.497 e. The maximum atomic E-state index is 5.13. The molecule has 0 aliphatic carbocycles. The number of ether oxygens (including phenoxy) is 1. The van der Waals surface area contributed by atoms with E-state index in [0.29, 0.717) is 4.83 Å². The van der Waals surface area contributed by atoms with Crippen LogP contribution < -0.4 is 4.74 Å². The molecule has 1 aromatic carbocycles. The number of methoxy groups -OCH3 is 1. The molecule has 0 fully saturated rings. The minimum atomic E-state index is 0.341. The molecular formula is C12H12BrNOS. The van der Waals surface area contributed by atoms with Crippen LogP contribution in [0.2, 0.25) is 0 Å². The van der Waals surface area contributed by atoms with Gasteiger partial charge in [-0.1, -0.05) is 28.1 Å². The lowest BCUT2D eigenvalue weighted by Gasteiger charge is -2.07. The molecule has 2 aromatic rings. The Morgan fingerprint density at radius 2 is 2.12 bits per heavy atom. The van der Waals surface area contributed by atoms with Crippen LogP contribution in [-0.4, -0.2) is 12.1 Å². The highest BCUT2D eigenvalue weighted by molar-refractivity contribution is 9.09. The smallest absolute Gasteiger partial charge is 0.118 e.